The van der Waals surface area contributed by atoms with Crippen LogP contribution in [0.4, 0.5) is 0 Å². The van der Waals surface area contributed by atoms with Crippen molar-refractivity contribution in [1.29, 1.82) is 0 Å². The summed E-state index contributed by atoms with van der Waals surface area (Å²) in [4.78, 5) is 0. The Morgan fingerprint density at radius 1 is 1.78 bits per heavy atom. The second-order valence-electron chi connectivity index (χ2n) is 1.29. The molecule has 0 saturated heterocycles. The van der Waals surface area contributed by atoms with Crippen LogP contribution in [-0.2, 0) is 11.1 Å². The number of halogens is 1. The van der Waals surface area contributed by atoms with Gasteiger partial charge in [-0.15, -0.1) is 11.3 Å². The Morgan fingerprint density at radius 2 is 2.44 bits per heavy atom. The molecule has 0 aromatic carbocycles. The second kappa shape index (κ2) is 2.92. The van der Waals surface area contributed by atoms with Gasteiger partial charge >= 0.3 is 0 Å². The van der Waals surface area contributed by atoms with Crippen molar-refractivity contribution in [2.45, 2.75) is 4.21 Å². The summed E-state index contributed by atoms with van der Waals surface area (Å²) in [6.07, 6.45) is 0. The van der Waals surface area contributed by atoms with Gasteiger partial charge < -0.3 is 4.55 Å². The molecule has 5 heteroatoms. The molecule has 1 atom stereocenters. The molecule has 1 heterocycles. The van der Waals surface area contributed by atoms with Gasteiger partial charge in [0.15, 0.2) is 0 Å². The second-order valence-corrected chi connectivity index (χ2v) is 4.20. The maximum atomic E-state index is 10.3. The van der Waals surface area contributed by atoms with E-state index in [4.69, 9.17) is 0 Å². The minimum atomic E-state index is -2.09. The molecule has 0 bridgehead atoms. The minimum absolute atomic E-state index is 0.356. The van der Waals surface area contributed by atoms with Gasteiger partial charge in [-0.05, 0) is 38.5 Å². The van der Waals surface area contributed by atoms with Crippen LogP contribution in [0.2, 0.25) is 0 Å². The molecule has 0 N–H and O–H groups in total. The molecule has 0 saturated carbocycles. The summed E-state index contributed by atoms with van der Waals surface area (Å²) in [5.41, 5.74) is 0. The highest BCUT2D eigenvalue weighted by Gasteiger charge is 1.98. The average Bonchev–Trinajstić information content (AvgIpc) is 2.13. The lowest BCUT2D eigenvalue weighted by Gasteiger charge is -1.99. The van der Waals surface area contributed by atoms with Crippen LogP contribution in [0.1, 0.15) is 0 Å². The molecule has 0 aliphatic heterocycles. The number of hydrogen-bond acceptors (Lipinski definition) is 3. The summed E-state index contributed by atoms with van der Waals surface area (Å²) in [6.45, 7) is 0. The lowest BCUT2D eigenvalue weighted by Crippen LogP contribution is -1.82. The van der Waals surface area contributed by atoms with Crippen molar-refractivity contribution in [1.82, 2.24) is 0 Å². The number of thiophene rings is 1. The SMILES string of the molecule is O=S([O-])c1sccc1Br. The van der Waals surface area contributed by atoms with E-state index >= 15 is 0 Å². The zero-order valence-electron chi connectivity index (χ0n) is 4.17. The number of hydrogen-bond donors (Lipinski definition) is 0. The molecule has 1 unspecified atom stereocenters. The summed E-state index contributed by atoms with van der Waals surface area (Å²) in [6, 6.07) is 1.70. The van der Waals surface area contributed by atoms with Gasteiger partial charge in [0, 0.05) is 4.47 Å². The molecule has 0 fully saturated rings. The van der Waals surface area contributed by atoms with Crippen molar-refractivity contribution in [3.8, 4) is 0 Å². The molecule has 0 amide bonds. The molecule has 0 aliphatic carbocycles. The van der Waals surface area contributed by atoms with Crippen LogP contribution >= 0.6 is 27.3 Å². The topological polar surface area (TPSA) is 40.1 Å². The van der Waals surface area contributed by atoms with E-state index in [1.807, 2.05) is 0 Å². The normalized spacial score (nSPS) is 13.6. The van der Waals surface area contributed by atoms with Gasteiger partial charge in [0.05, 0.1) is 4.21 Å². The Hall–Kier alpha value is 0.290. The summed E-state index contributed by atoms with van der Waals surface area (Å²) in [7, 11) is 0. The molecule has 9 heavy (non-hydrogen) atoms. The quantitative estimate of drug-likeness (QED) is 0.684. The van der Waals surface area contributed by atoms with E-state index in [2.05, 4.69) is 15.9 Å². The highest BCUT2D eigenvalue weighted by atomic mass is 79.9. The summed E-state index contributed by atoms with van der Waals surface area (Å²) in [5, 5.41) is 1.72. The smallest absolute Gasteiger partial charge is 0.0913 e. The van der Waals surface area contributed by atoms with Crippen molar-refractivity contribution in [2.75, 3.05) is 0 Å². The van der Waals surface area contributed by atoms with Crippen molar-refractivity contribution < 1.29 is 8.76 Å². The third-order valence-corrected chi connectivity index (χ3v) is 3.85. The van der Waals surface area contributed by atoms with E-state index in [0.717, 1.165) is 0 Å². The Kier molecular flexibility index (Phi) is 2.40. The van der Waals surface area contributed by atoms with Crippen molar-refractivity contribution in [3.05, 3.63) is 15.9 Å². The fourth-order valence-corrected chi connectivity index (χ4v) is 2.60. The first-order chi connectivity index (χ1) is 4.22. The molecule has 0 aliphatic rings. The first-order valence-electron chi connectivity index (χ1n) is 2.04. The standard InChI is InChI=1S/C4H3BrO2S2/c5-3-1-2-8-4(3)9(6)7/h1-2H,(H,6,7)/p-1. The lowest BCUT2D eigenvalue weighted by atomic mass is 10.7. The summed E-state index contributed by atoms with van der Waals surface area (Å²) in [5.74, 6) is 0. The third kappa shape index (κ3) is 1.61. The first-order valence-corrected chi connectivity index (χ1v) is 4.79. The molecule has 1 aromatic rings. The molecule has 50 valence electrons. The van der Waals surface area contributed by atoms with E-state index < -0.39 is 11.1 Å². The molecular weight excluding hydrogens is 224 g/mol. The van der Waals surface area contributed by atoms with Gasteiger partial charge in [-0.25, -0.2) is 0 Å². The number of rotatable bonds is 1. The molecule has 2 nitrogen and oxygen atoms in total. The van der Waals surface area contributed by atoms with Gasteiger partial charge in [-0.2, -0.15) is 0 Å². The highest BCUT2D eigenvalue weighted by molar-refractivity contribution is 9.10. The van der Waals surface area contributed by atoms with Crippen LogP contribution in [0.5, 0.6) is 0 Å². The van der Waals surface area contributed by atoms with Crippen LogP contribution in [0.15, 0.2) is 20.1 Å². The van der Waals surface area contributed by atoms with Crippen LogP contribution in [-0.4, -0.2) is 8.76 Å². The van der Waals surface area contributed by atoms with Crippen LogP contribution in [0.3, 0.4) is 0 Å². The Balaban J connectivity index is 3.08. The van der Waals surface area contributed by atoms with E-state index in [1.54, 1.807) is 11.4 Å². The van der Waals surface area contributed by atoms with Gasteiger partial charge in [0.25, 0.3) is 0 Å². The van der Waals surface area contributed by atoms with Crippen LogP contribution in [0.25, 0.3) is 0 Å². The monoisotopic (exact) mass is 225 g/mol. The third-order valence-electron chi connectivity index (χ3n) is 0.736. The fraction of sp³-hybridized carbons (Fsp3) is 0. The van der Waals surface area contributed by atoms with E-state index in [-0.39, 0.29) is 0 Å². The fourth-order valence-electron chi connectivity index (χ4n) is 0.399. The van der Waals surface area contributed by atoms with E-state index in [0.29, 0.717) is 8.68 Å². The van der Waals surface area contributed by atoms with Gasteiger partial charge in [-0.1, -0.05) is 0 Å². The Labute approximate surface area is 67.3 Å². The summed E-state index contributed by atoms with van der Waals surface area (Å²) >= 11 is 2.19. The highest BCUT2D eigenvalue weighted by Crippen LogP contribution is 2.24. The molecule has 1 rings (SSSR count). The molecular formula is C4H2BrO2S2-. The van der Waals surface area contributed by atoms with Crippen molar-refractivity contribution in [3.63, 3.8) is 0 Å². The zero-order valence-corrected chi connectivity index (χ0v) is 7.38. The molecule has 0 spiro atoms. The lowest BCUT2D eigenvalue weighted by molar-refractivity contribution is 0.539. The van der Waals surface area contributed by atoms with Crippen molar-refractivity contribution in [2.24, 2.45) is 0 Å². The largest absolute Gasteiger partial charge is 0.768 e. The average molecular weight is 226 g/mol. The van der Waals surface area contributed by atoms with E-state index in [9.17, 15) is 8.76 Å². The Morgan fingerprint density at radius 3 is 2.67 bits per heavy atom. The van der Waals surface area contributed by atoms with Gasteiger partial charge in [0.2, 0.25) is 0 Å². The maximum Gasteiger partial charge on any atom is 0.0913 e. The molecule has 1 aromatic heterocycles. The zero-order chi connectivity index (χ0) is 6.85. The first kappa shape index (κ1) is 7.40. The predicted octanol–water partition coefficient (Wildman–Crippen LogP) is 1.75. The van der Waals surface area contributed by atoms with Gasteiger partial charge in [0.1, 0.15) is 0 Å². The predicted molar refractivity (Wildman–Crippen MR) is 39.2 cm³/mol. The van der Waals surface area contributed by atoms with Crippen LogP contribution in [0, 0.1) is 0 Å². The molecule has 0 radical (unpaired) electrons. The minimum Gasteiger partial charge on any atom is -0.768 e. The maximum absolute atomic E-state index is 10.3. The summed E-state index contributed by atoms with van der Waals surface area (Å²) < 4.78 is 21.5. The Bertz CT molecular complexity index is 232. The van der Waals surface area contributed by atoms with E-state index in [1.165, 1.54) is 11.3 Å². The van der Waals surface area contributed by atoms with Crippen LogP contribution < -0.4 is 0 Å². The van der Waals surface area contributed by atoms with Crippen molar-refractivity contribution >= 4 is 38.3 Å². The van der Waals surface area contributed by atoms with Gasteiger partial charge in [-0.3, -0.25) is 4.21 Å².